The van der Waals surface area contributed by atoms with Crippen LogP contribution < -0.4 is 16.0 Å². The average molecular weight is 314 g/mol. The minimum atomic E-state index is -0.650. The van der Waals surface area contributed by atoms with Crippen molar-refractivity contribution in [3.05, 3.63) is 16.6 Å². The lowest BCUT2D eigenvalue weighted by atomic mass is 10.0. The number of aromatic nitrogens is 1. The topological polar surface area (TPSA) is 66.1 Å². The Labute approximate surface area is 128 Å². The molecule has 0 saturated carbocycles. The van der Waals surface area contributed by atoms with Crippen molar-refractivity contribution in [2.45, 2.75) is 50.8 Å². The van der Waals surface area contributed by atoms with Crippen molar-refractivity contribution in [2.24, 2.45) is 0 Å². The minimum absolute atomic E-state index is 0.0599. The van der Waals surface area contributed by atoms with Crippen LogP contribution in [0.25, 0.3) is 0 Å². The molecule has 1 aliphatic rings. The Kier molecular flexibility index (Phi) is 4.17. The predicted octanol–water partition coefficient (Wildman–Crippen LogP) is 1.83. The average Bonchev–Trinajstić information content (AvgIpc) is 2.84. The molecule has 7 heteroatoms. The monoisotopic (exact) mass is 314 g/mol. The number of amides is 1. The molecular formula is C13H22N4OS2. The van der Waals surface area contributed by atoms with Crippen LogP contribution in [0.2, 0.25) is 0 Å². The second-order valence-electron chi connectivity index (χ2n) is 6.35. The van der Waals surface area contributed by atoms with Crippen LogP contribution in [0.5, 0.6) is 0 Å². The third-order valence-corrected chi connectivity index (χ3v) is 5.41. The Balaban J connectivity index is 2.25. The molecule has 2 heterocycles. The maximum absolute atomic E-state index is 11.6. The molecule has 1 amide bonds. The molecule has 0 aliphatic carbocycles. The normalized spacial score (nSPS) is 30.4. The summed E-state index contributed by atoms with van der Waals surface area (Å²) in [6.45, 7) is 9.93. The van der Waals surface area contributed by atoms with Gasteiger partial charge in [0.05, 0.1) is 11.0 Å². The molecule has 20 heavy (non-hydrogen) atoms. The van der Waals surface area contributed by atoms with Crippen LogP contribution in [0.1, 0.15) is 39.5 Å². The Morgan fingerprint density at radius 2 is 2.20 bits per heavy atom. The third kappa shape index (κ3) is 3.52. The van der Waals surface area contributed by atoms with Crippen LogP contribution >= 0.6 is 23.1 Å². The van der Waals surface area contributed by atoms with Crippen LogP contribution in [0.4, 0.5) is 0 Å². The largest absolute Gasteiger partial charge is 0.317 e. The van der Waals surface area contributed by atoms with Crippen molar-refractivity contribution in [2.75, 3.05) is 5.75 Å². The Morgan fingerprint density at radius 1 is 1.50 bits per heavy atom. The van der Waals surface area contributed by atoms with E-state index in [1.165, 1.54) is 11.8 Å². The second kappa shape index (κ2) is 5.29. The maximum atomic E-state index is 11.6. The van der Waals surface area contributed by atoms with Crippen LogP contribution in [0.15, 0.2) is 11.7 Å². The summed E-state index contributed by atoms with van der Waals surface area (Å²) in [4.78, 5) is 16.9. The zero-order valence-electron chi connectivity index (χ0n) is 12.5. The van der Waals surface area contributed by atoms with Gasteiger partial charge in [-0.25, -0.2) is 0 Å². The third-order valence-electron chi connectivity index (χ3n) is 2.91. The molecule has 2 atom stereocenters. The number of hydrogen-bond donors (Lipinski definition) is 3. The number of carbonyl (C=O) groups excluding carboxylic acids is 1. The molecule has 1 aliphatic heterocycles. The van der Waals surface area contributed by atoms with Crippen LogP contribution in [0, 0.1) is 0 Å². The van der Waals surface area contributed by atoms with E-state index in [0.717, 1.165) is 5.75 Å². The first-order valence-electron chi connectivity index (χ1n) is 6.55. The van der Waals surface area contributed by atoms with E-state index in [1.807, 2.05) is 11.7 Å². The molecule has 112 valence electrons. The number of carbonyl (C=O) groups is 1. The van der Waals surface area contributed by atoms with Gasteiger partial charge in [0.15, 0.2) is 5.12 Å². The summed E-state index contributed by atoms with van der Waals surface area (Å²) in [7, 11) is 0. The summed E-state index contributed by atoms with van der Waals surface area (Å²) < 4.78 is 0. The van der Waals surface area contributed by atoms with E-state index in [9.17, 15) is 4.79 Å². The summed E-state index contributed by atoms with van der Waals surface area (Å²) in [6.07, 6.45) is 1.89. The highest BCUT2D eigenvalue weighted by Crippen LogP contribution is 2.40. The summed E-state index contributed by atoms with van der Waals surface area (Å²) in [5, 5.41) is 9.41. The zero-order chi connectivity index (χ0) is 15.0. The van der Waals surface area contributed by atoms with E-state index in [1.54, 1.807) is 23.1 Å². The minimum Gasteiger partial charge on any atom is -0.317 e. The summed E-state index contributed by atoms with van der Waals surface area (Å²) >= 11 is 3.30. The molecule has 0 spiro atoms. The fraction of sp³-hybridized carbons (Fsp3) is 0.692. The van der Waals surface area contributed by atoms with Crippen molar-refractivity contribution >= 4 is 29.0 Å². The smallest absolute Gasteiger partial charge is 0.219 e. The van der Waals surface area contributed by atoms with Crippen LogP contribution in [-0.4, -0.2) is 27.3 Å². The number of thioether (sulfide) groups is 1. The number of nitrogens with one attached hydrogen (secondary N) is 3. The van der Waals surface area contributed by atoms with Crippen molar-refractivity contribution in [3.8, 4) is 0 Å². The van der Waals surface area contributed by atoms with Crippen LogP contribution in [0.3, 0.4) is 0 Å². The summed E-state index contributed by atoms with van der Waals surface area (Å²) in [5.41, 5.74) is 1.51. The van der Waals surface area contributed by atoms with Crippen molar-refractivity contribution in [1.29, 1.82) is 0 Å². The van der Waals surface area contributed by atoms with Crippen molar-refractivity contribution in [1.82, 2.24) is 20.9 Å². The molecule has 5 nitrogen and oxygen atoms in total. The molecular weight excluding hydrogens is 292 g/mol. The molecule has 0 radical (unpaired) electrons. The van der Waals surface area contributed by atoms with Gasteiger partial charge in [-0.15, -0.1) is 11.3 Å². The molecule has 1 aromatic heterocycles. The number of nitrogens with zero attached hydrogens (tertiary/aromatic N) is 1. The summed E-state index contributed by atoms with van der Waals surface area (Å²) in [6, 6.07) is 0. The quantitative estimate of drug-likeness (QED) is 0.743. The molecule has 0 aromatic carbocycles. The van der Waals surface area contributed by atoms with Gasteiger partial charge in [-0.05, 0) is 27.7 Å². The van der Waals surface area contributed by atoms with Crippen LogP contribution in [-0.2, 0) is 10.3 Å². The highest BCUT2D eigenvalue weighted by Gasteiger charge is 2.49. The number of rotatable bonds is 3. The first-order chi connectivity index (χ1) is 9.14. The van der Waals surface area contributed by atoms with E-state index in [2.05, 4.69) is 48.6 Å². The molecule has 0 bridgehead atoms. The maximum Gasteiger partial charge on any atom is 0.219 e. The Hall–Kier alpha value is -0.630. The van der Waals surface area contributed by atoms with Gasteiger partial charge in [0.25, 0.3) is 0 Å². The van der Waals surface area contributed by atoms with Gasteiger partial charge in [0.1, 0.15) is 0 Å². The van der Waals surface area contributed by atoms with Crippen molar-refractivity contribution in [3.63, 3.8) is 0 Å². The fourth-order valence-corrected chi connectivity index (χ4v) is 4.73. The Bertz CT molecular complexity index is 485. The van der Waals surface area contributed by atoms with E-state index in [0.29, 0.717) is 0 Å². The van der Waals surface area contributed by atoms with E-state index >= 15 is 0 Å². The van der Waals surface area contributed by atoms with Gasteiger partial charge in [-0.1, -0.05) is 11.8 Å². The standard InChI is InChI=1S/C13H22N4OS2/c1-9(18)15-13(16-11(2,3)4)17-12(5,7-20-13)10-6-14-8-19-10/h6,8,16-17H,7H2,1-5H3,(H,15,18). The predicted molar refractivity (Wildman–Crippen MR) is 84.5 cm³/mol. The summed E-state index contributed by atoms with van der Waals surface area (Å²) in [5.74, 6) is 0.800. The van der Waals surface area contributed by atoms with E-state index < -0.39 is 5.12 Å². The highest BCUT2D eigenvalue weighted by molar-refractivity contribution is 8.00. The highest BCUT2D eigenvalue weighted by atomic mass is 32.2. The molecule has 1 fully saturated rings. The van der Waals surface area contributed by atoms with Gasteiger partial charge in [-0.2, -0.15) is 0 Å². The molecule has 2 unspecified atom stereocenters. The lowest BCUT2D eigenvalue weighted by Gasteiger charge is -2.39. The first kappa shape index (κ1) is 15.8. The van der Waals surface area contributed by atoms with Crippen molar-refractivity contribution < 1.29 is 4.79 Å². The Morgan fingerprint density at radius 3 is 2.70 bits per heavy atom. The fourth-order valence-electron chi connectivity index (χ4n) is 2.28. The molecule has 2 rings (SSSR count). The van der Waals surface area contributed by atoms with E-state index in [4.69, 9.17) is 0 Å². The SMILES string of the molecule is CC(=O)NC1(NC(C)(C)C)NC(C)(c2cncs2)CS1. The van der Waals surface area contributed by atoms with Gasteiger partial charge in [0, 0.05) is 29.3 Å². The molecule has 1 saturated heterocycles. The number of thiazole rings is 1. The lowest BCUT2D eigenvalue weighted by molar-refractivity contribution is -0.120. The lowest BCUT2D eigenvalue weighted by Crippen LogP contribution is -2.69. The zero-order valence-corrected chi connectivity index (χ0v) is 14.2. The molecule has 1 aromatic rings. The molecule has 3 N–H and O–H groups in total. The van der Waals surface area contributed by atoms with E-state index in [-0.39, 0.29) is 17.0 Å². The second-order valence-corrected chi connectivity index (χ2v) is 8.42. The van der Waals surface area contributed by atoms with Gasteiger partial charge in [-0.3, -0.25) is 20.4 Å². The van der Waals surface area contributed by atoms with Gasteiger partial charge >= 0.3 is 0 Å². The number of hydrogen-bond acceptors (Lipinski definition) is 6. The first-order valence-corrected chi connectivity index (χ1v) is 8.41. The van der Waals surface area contributed by atoms with Gasteiger partial charge < -0.3 is 5.32 Å². The van der Waals surface area contributed by atoms with Gasteiger partial charge in [0.2, 0.25) is 5.91 Å².